The van der Waals surface area contributed by atoms with Crippen LogP contribution in [0.1, 0.15) is 6.42 Å². The molecule has 1 aromatic rings. The molecule has 3 nitrogen and oxygen atoms in total. The highest BCUT2D eigenvalue weighted by molar-refractivity contribution is 7.92. The van der Waals surface area contributed by atoms with Crippen LogP contribution in [0.2, 0.25) is 5.02 Å². The zero-order chi connectivity index (χ0) is 11.5. The van der Waals surface area contributed by atoms with Gasteiger partial charge in [0.25, 0.3) is 0 Å². The van der Waals surface area contributed by atoms with E-state index in [1.807, 2.05) is 0 Å². The normalized spacial score (nSPS) is 13.8. The van der Waals surface area contributed by atoms with Crippen LogP contribution in [0.3, 0.4) is 0 Å². The molecule has 0 aliphatic rings. The van der Waals surface area contributed by atoms with Crippen molar-refractivity contribution in [1.29, 1.82) is 0 Å². The van der Waals surface area contributed by atoms with Gasteiger partial charge < -0.3 is 5.73 Å². The van der Waals surface area contributed by atoms with E-state index in [1.54, 1.807) is 6.07 Å². The lowest BCUT2D eigenvalue weighted by molar-refractivity contribution is 0.402. The van der Waals surface area contributed by atoms with Crippen LogP contribution in [0, 0.1) is 0 Å². The smallest absolute Gasteiger partial charge is 0.211 e. The van der Waals surface area contributed by atoms with Crippen molar-refractivity contribution in [2.24, 2.45) is 5.73 Å². The summed E-state index contributed by atoms with van der Waals surface area (Å²) >= 11 is 5.68. The van der Waals surface area contributed by atoms with E-state index in [0.29, 0.717) is 0 Å². The molecule has 1 rings (SSSR count). The largest absolute Gasteiger partial charge is 0.330 e. The molecule has 1 atom stereocenters. The van der Waals surface area contributed by atoms with Crippen LogP contribution >= 0.6 is 11.6 Å². The predicted octanol–water partition coefficient (Wildman–Crippen LogP) is 1.76. The van der Waals surface area contributed by atoms with E-state index in [2.05, 4.69) is 0 Å². The lowest BCUT2D eigenvalue weighted by atomic mass is 10.4. The van der Waals surface area contributed by atoms with Gasteiger partial charge >= 0.3 is 0 Å². The summed E-state index contributed by atoms with van der Waals surface area (Å²) in [6.45, 7) is -0.0230. The van der Waals surface area contributed by atoms with Crippen LogP contribution < -0.4 is 5.73 Å². The Morgan fingerprint density at radius 3 is 2.53 bits per heavy atom. The molecule has 0 aliphatic heterocycles. The summed E-state index contributed by atoms with van der Waals surface area (Å²) < 4.78 is 36.6. The number of hydrogen-bond acceptors (Lipinski definition) is 3. The minimum Gasteiger partial charge on any atom is -0.330 e. The Labute approximate surface area is 93.0 Å². The molecule has 0 aromatic heterocycles. The van der Waals surface area contributed by atoms with Gasteiger partial charge in [0.1, 0.15) is 0 Å². The summed E-state index contributed by atoms with van der Waals surface area (Å²) in [5, 5.41) is 0.0252. The molecule has 0 saturated heterocycles. The Morgan fingerprint density at radius 1 is 1.40 bits per heavy atom. The number of sulfone groups is 1. The van der Waals surface area contributed by atoms with Gasteiger partial charge in [-0.25, -0.2) is 12.8 Å². The van der Waals surface area contributed by atoms with Gasteiger partial charge in [0.2, 0.25) is 15.3 Å². The highest BCUT2D eigenvalue weighted by Crippen LogP contribution is 2.26. The Hall–Kier alpha value is -0.650. The first-order valence-corrected chi connectivity index (χ1v) is 6.25. The van der Waals surface area contributed by atoms with Crippen LogP contribution in [0.15, 0.2) is 29.2 Å². The molecule has 0 amide bonds. The molecular weight excluding hydrogens is 241 g/mol. The Balaban J connectivity index is 3.12. The molecule has 0 bridgehead atoms. The van der Waals surface area contributed by atoms with E-state index in [-0.39, 0.29) is 22.9 Å². The first-order chi connectivity index (χ1) is 7.00. The monoisotopic (exact) mass is 251 g/mol. The van der Waals surface area contributed by atoms with E-state index in [9.17, 15) is 12.8 Å². The minimum atomic E-state index is -4.01. The Kier molecular flexibility index (Phi) is 4.07. The highest BCUT2D eigenvalue weighted by Gasteiger charge is 2.28. The first kappa shape index (κ1) is 12.4. The molecule has 1 aromatic carbocycles. The van der Waals surface area contributed by atoms with E-state index < -0.39 is 15.3 Å². The fourth-order valence-electron chi connectivity index (χ4n) is 1.10. The molecule has 6 heteroatoms. The zero-order valence-electron chi connectivity index (χ0n) is 7.86. The van der Waals surface area contributed by atoms with Gasteiger partial charge in [-0.05, 0) is 18.7 Å². The molecule has 84 valence electrons. The SMILES string of the molecule is NCCC(F)S(=O)(=O)c1ccccc1Cl. The standard InChI is InChI=1S/C9H11ClFNO2S/c10-7-3-1-2-4-8(7)15(13,14)9(11)5-6-12/h1-4,9H,5-6,12H2. The second kappa shape index (κ2) is 4.92. The number of rotatable bonds is 4. The molecular formula is C9H11ClFNO2S. The second-order valence-corrected chi connectivity index (χ2v) is 5.41. The average molecular weight is 252 g/mol. The number of halogens is 2. The van der Waals surface area contributed by atoms with Gasteiger partial charge in [-0.15, -0.1) is 0 Å². The summed E-state index contributed by atoms with van der Waals surface area (Å²) in [6, 6.07) is 5.76. The van der Waals surface area contributed by atoms with Crippen LogP contribution in [0.25, 0.3) is 0 Å². The maximum absolute atomic E-state index is 13.3. The summed E-state index contributed by atoms with van der Waals surface area (Å²) in [4.78, 5) is -0.187. The fraction of sp³-hybridized carbons (Fsp3) is 0.333. The maximum Gasteiger partial charge on any atom is 0.211 e. The van der Waals surface area contributed by atoms with Gasteiger partial charge in [-0.2, -0.15) is 0 Å². The lowest BCUT2D eigenvalue weighted by Crippen LogP contribution is -2.20. The quantitative estimate of drug-likeness (QED) is 0.887. The predicted molar refractivity (Wildman–Crippen MR) is 57.2 cm³/mol. The molecule has 0 saturated carbocycles. The van der Waals surface area contributed by atoms with Gasteiger partial charge in [-0.1, -0.05) is 23.7 Å². The maximum atomic E-state index is 13.3. The van der Waals surface area contributed by atoms with Crippen LogP contribution in [-0.2, 0) is 9.84 Å². The van der Waals surface area contributed by atoms with Crippen molar-refractivity contribution in [3.63, 3.8) is 0 Å². The number of nitrogens with two attached hydrogens (primary N) is 1. The summed E-state index contributed by atoms with van der Waals surface area (Å²) in [7, 11) is -4.01. The molecule has 0 fully saturated rings. The molecule has 2 N–H and O–H groups in total. The van der Waals surface area contributed by atoms with Crippen LogP contribution in [0.4, 0.5) is 4.39 Å². The van der Waals surface area contributed by atoms with Crippen LogP contribution in [-0.4, -0.2) is 20.5 Å². The number of benzene rings is 1. The van der Waals surface area contributed by atoms with E-state index in [0.717, 1.165) is 0 Å². The van der Waals surface area contributed by atoms with Crippen molar-refractivity contribution >= 4 is 21.4 Å². The van der Waals surface area contributed by atoms with Gasteiger partial charge in [-0.3, -0.25) is 0 Å². The first-order valence-electron chi connectivity index (χ1n) is 4.32. The van der Waals surface area contributed by atoms with Gasteiger partial charge in [0, 0.05) is 6.42 Å². The minimum absolute atomic E-state index is 0.0230. The van der Waals surface area contributed by atoms with Crippen LogP contribution in [0.5, 0.6) is 0 Å². The van der Waals surface area contributed by atoms with E-state index in [1.165, 1.54) is 18.2 Å². The second-order valence-electron chi connectivity index (χ2n) is 2.96. The molecule has 0 aliphatic carbocycles. The van der Waals surface area contributed by atoms with Crippen molar-refractivity contribution in [2.75, 3.05) is 6.54 Å². The highest BCUT2D eigenvalue weighted by atomic mass is 35.5. The van der Waals surface area contributed by atoms with Gasteiger partial charge in [0.15, 0.2) is 0 Å². The number of hydrogen-bond donors (Lipinski definition) is 1. The van der Waals surface area contributed by atoms with Gasteiger partial charge in [0.05, 0.1) is 9.92 Å². The Bertz CT molecular complexity index is 435. The Morgan fingerprint density at radius 2 is 2.00 bits per heavy atom. The third kappa shape index (κ3) is 2.68. The average Bonchev–Trinajstić information content (AvgIpc) is 2.18. The van der Waals surface area contributed by atoms with E-state index >= 15 is 0 Å². The van der Waals surface area contributed by atoms with Crippen molar-refractivity contribution in [1.82, 2.24) is 0 Å². The molecule has 0 heterocycles. The third-order valence-electron chi connectivity index (χ3n) is 1.87. The molecule has 0 radical (unpaired) electrons. The third-order valence-corrected chi connectivity index (χ3v) is 4.19. The van der Waals surface area contributed by atoms with Crippen molar-refractivity contribution in [3.8, 4) is 0 Å². The number of alkyl halides is 1. The lowest BCUT2D eigenvalue weighted by Gasteiger charge is -2.09. The van der Waals surface area contributed by atoms with Crippen molar-refractivity contribution < 1.29 is 12.8 Å². The molecule has 0 spiro atoms. The summed E-state index contributed by atoms with van der Waals surface area (Å²) in [6.07, 6.45) is -0.229. The molecule has 15 heavy (non-hydrogen) atoms. The fourth-order valence-corrected chi connectivity index (χ4v) is 2.89. The zero-order valence-corrected chi connectivity index (χ0v) is 9.43. The topological polar surface area (TPSA) is 60.2 Å². The van der Waals surface area contributed by atoms with E-state index in [4.69, 9.17) is 17.3 Å². The summed E-state index contributed by atoms with van der Waals surface area (Å²) in [5.41, 5.74) is 3.11. The molecule has 1 unspecified atom stereocenters. The summed E-state index contributed by atoms with van der Waals surface area (Å²) in [5.74, 6) is 0. The van der Waals surface area contributed by atoms with Crippen molar-refractivity contribution in [2.45, 2.75) is 16.8 Å². The van der Waals surface area contributed by atoms with Crippen molar-refractivity contribution in [3.05, 3.63) is 29.3 Å².